The maximum Gasteiger partial charge on any atom is 0.281 e. The molecule has 0 radical (unpaired) electrons. The fraction of sp³-hybridized carbons (Fsp3) is 0.312. The van der Waals surface area contributed by atoms with Crippen molar-refractivity contribution in [2.45, 2.75) is 6.92 Å². The Kier molecular flexibility index (Phi) is 5.43. The molecule has 3 rings (SSSR count). The van der Waals surface area contributed by atoms with E-state index in [1.165, 1.54) is 11.3 Å². The Hall–Kier alpha value is -2.59. The van der Waals surface area contributed by atoms with E-state index in [2.05, 4.69) is 15.8 Å². The summed E-state index contributed by atoms with van der Waals surface area (Å²) in [5.41, 5.74) is 4.30. The van der Waals surface area contributed by atoms with Crippen LogP contribution >= 0.6 is 11.3 Å². The van der Waals surface area contributed by atoms with Crippen molar-refractivity contribution in [2.24, 2.45) is 0 Å². The normalized spacial score (nSPS) is 14.2. The van der Waals surface area contributed by atoms with Crippen LogP contribution in [0.4, 0.5) is 13.9 Å². The van der Waals surface area contributed by atoms with E-state index in [-0.39, 0.29) is 0 Å². The highest BCUT2D eigenvalue weighted by molar-refractivity contribution is 7.17. The van der Waals surface area contributed by atoms with Crippen molar-refractivity contribution in [3.8, 4) is 0 Å². The minimum Gasteiger partial charge on any atom is -0.378 e. The number of benzene rings is 1. The molecule has 1 aliphatic heterocycles. The number of carbonyl (C=O) groups excluding carboxylic acids is 2. The van der Waals surface area contributed by atoms with Gasteiger partial charge in [0.1, 0.15) is 16.5 Å². The Labute approximate surface area is 151 Å². The number of halogens is 2. The Bertz CT molecular complexity index is 837. The minimum absolute atomic E-state index is 0.325. The molecular weight excluding hydrogens is 366 g/mol. The third kappa shape index (κ3) is 3.97. The summed E-state index contributed by atoms with van der Waals surface area (Å²) >= 11 is 1.19. The number of nitrogens with one attached hydrogen (secondary N) is 2. The van der Waals surface area contributed by atoms with Crippen molar-refractivity contribution in [1.82, 2.24) is 15.8 Å². The van der Waals surface area contributed by atoms with Crippen LogP contribution in [0.1, 0.15) is 25.7 Å². The van der Waals surface area contributed by atoms with E-state index in [4.69, 9.17) is 4.74 Å². The molecule has 2 amide bonds. The molecule has 138 valence electrons. The largest absolute Gasteiger partial charge is 0.378 e. The van der Waals surface area contributed by atoms with Gasteiger partial charge in [0.25, 0.3) is 11.8 Å². The highest BCUT2D eigenvalue weighted by Crippen LogP contribution is 2.26. The Morgan fingerprint density at radius 2 is 1.88 bits per heavy atom. The van der Waals surface area contributed by atoms with E-state index in [0.29, 0.717) is 42.0 Å². The van der Waals surface area contributed by atoms with Crippen LogP contribution in [0.15, 0.2) is 18.2 Å². The van der Waals surface area contributed by atoms with Gasteiger partial charge in [0.15, 0.2) is 5.13 Å². The number of ether oxygens (including phenoxy) is 1. The van der Waals surface area contributed by atoms with Gasteiger partial charge < -0.3 is 9.64 Å². The number of morpholine rings is 1. The number of anilines is 1. The second kappa shape index (κ2) is 7.75. The molecule has 2 aromatic rings. The molecule has 26 heavy (non-hydrogen) atoms. The molecule has 10 heteroatoms. The molecule has 2 heterocycles. The van der Waals surface area contributed by atoms with Crippen LogP contribution in [0.3, 0.4) is 0 Å². The van der Waals surface area contributed by atoms with Crippen molar-refractivity contribution in [2.75, 3.05) is 31.2 Å². The number of carbonyl (C=O) groups is 2. The lowest BCUT2D eigenvalue weighted by atomic mass is 10.2. The first-order chi connectivity index (χ1) is 12.5. The smallest absolute Gasteiger partial charge is 0.281 e. The second-order valence-electron chi connectivity index (χ2n) is 5.54. The first-order valence-corrected chi connectivity index (χ1v) is 8.63. The zero-order chi connectivity index (χ0) is 18.7. The summed E-state index contributed by atoms with van der Waals surface area (Å²) in [7, 11) is 0. The van der Waals surface area contributed by atoms with Crippen LogP contribution in [-0.2, 0) is 4.74 Å². The standard InChI is InChI=1S/C16H16F2N4O3S/c1-9-13(26-16(19-9)22-4-6-25-7-5-22)15(24)21-20-14(23)11-8-10(17)2-3-12(11)18/h2-3,8H,4-7H2,1H3,(H,20,23)(H,21,24). The number of hydrazine groups is 1. The van der Waals surface area contributed by atoms with E-state index >= 15 is 0 Å². The van der Waals surface area contributed by atoms with Crippen LogP contribution in [0.2, 0.25) is 0 Å². The first kappa shape index (κ1) is 18.2. The van der Waals surface area contributed by atoms with Gasteiger partial charge in [0, 0.05) is 13.1 Å². The Balaban J connectivity index is 1.65. The molecule has 1 aromatic heterocycles. The molecule has 1 aromatic carbocycles. The Morgan fingerprint density at radius 3 is 2.62 bits per heavy atom. The third-order valence-corrected chi connectivity index (χ3v) is 4.95. The number of nitrogens with zero attached hydrogens (tertiary/aromatic N) is 2. The number of thiazole rings is 1. The van der Waals surface area contributed by atoms with Gasteiger partial charge in [0.05, 0.1) is 24.5 Å². The van der Waals surface area contributed by atoms with E-state index in [1.807, 2.05) is 4.90 Å². The summed E-state index contributed by atoms with van der Waals surface area (Å²) in [6.07, 6.45) is 0. The topological polar surface area (TPSA) is 83.6 Å². The summed E-state index contributed by atoms with van der Waals surface area (Å²) in [5.74, 6) is -3.17. The average molecular weight is 382 g/mol. The molecule has 0 bridgehead atoms. The number of amides is 2. The number of aryl methyl sites for hydroxylation is 1. The summed E-state index contributed by atoms with van der Waals surface area (Å²) < 4.78 is 32.0. The molecule has 0 saturated carbocycles. The van der Waals surface area contributed by atoms with Crippen molar-refractivity contribution >= 4 is 28.3 Å². The lowest BCUT2D eigenvalue weighted by molar-refractivity contribution is 0.0845. The van der Waals surface area contributed by atoms with Crippen LogP contribution in [0.25, 0.3) is 0 Å². The molecule has 1 fully saturated rings. The maximum atomic E-state index is 13.6. The van der Waals surface area contributed by atoms with Gasteiger partial charge in [0.2, 0.25) is 0 Å². The number of aromatic nitrogens is 1. The highest BCUT2D eigenvalue weighted by atomic mass is 32.1. The van der Waals surface area contributed by atoms with Crippen LogP contribution < -0.4 is 15.8 Å². The van der Waals surface area contributed by atoms with Gasteiger partial charge in [-0.1, -0.05) is 11.3 Å². The zero-order valence-corrected chi connectivity index (χ0v) is 14.7. The second-order valence-corrected chi connectivity index (χ2v) is 6.52. The zero-order valence-electron chi connectivity index (χ0n) is 13.8. The van der Waals surface area contributed by atoms with E-state index in [9.17, 15) is 18.4 Å². The highest BCUT2D eigenvalue weighted by Gasteiger charge is 2.21. The first-order valence-electron chi connectivity index (χ1n) is 7.81. The molecular formula is C16H16F2N4O3S. The van der Waals surface area contributed by atoms with Gasteiger partial charge in [-0.25, -0.2) is 13.8 Å². The third-order valence-electron chi connectivity index (χ3n) is 3.74. The summed E-state index contributed by atoms with van der Waals surface area (Å²) in [4.78, 5) is 30.9. The number of hydrogen-bond acceptors (Lipinski definition) is 6. The van der Waals surface area contributed by atoms with E-state index in [1.54, 1.807) is 6.92 Å². The summed E-state index contributed by atoms with van der Waals surface area (Å²) in [6, 6.07) is 2.50. The molecule has 2 N–H and O–H groups in total. The molecule has 0 spiro atoms. The molecule has 1 saturated heterocycles. The molecule has 1 aliphatic rings. The van der Waals surface area contributed by atoms with E-state index in [0.717, 1.165) is 18.2 Å². The van der Waals surface area contributed by atoms with Crippen molar-refractivity contribution < 1.29 is 23.1 Å². The van der Waals surface area contributed by atoms with Gasteiger partial charge in [-0.3, -0.25) is 20.4 Å². The van der Waals surface area contributed by atoms with Gasteiger partial charge in [-0.05, 0) is 25.1 Å². The van der Waals surface area contributed by atoms with Gasteiger partial charge in [-0.15, -0.1) is 0 Å². The van der Waals surface area contributed by atoms with Crippen LogP contribution in [0.5, 0.6) is 0 Å². The van der Waals surface area contributed by atoms with Crippen molar-refractivity contribution in [3.63, 3.8) is 0 Å². The Morgan fingerprint density at radius 1 is 1.19 bits per heavy atom. The quantitative estimate of drug-likeness (QED) is 0.789. The maximum absolute atomic E-state index is 13.6. The summed E-state index contributed by atoms with van der Waals surface area (Å²) in [5, 5.41) is 0.693. The van der Waals surface area contributed by atoms with Crippen molar-refractivity contribution in [3.05, 3.63) is 46.0 Å². The average Bonchev–Trinajstić information content (AvgIpc) is 3.04. The molecule has 0 atom stereocenters. The summed E-state index contributed by atoms with van der Waals surface area (Å²) in [6.45, 7) is 4.24. The molecule has 7 nitrogen and oxygen atoms in total. The lowest BCUT2D eigenvalue weighted by Gasteiger charge is -2.25. The van der Waals surface area contributed by atoms with Gasteiger partial charge in [-0.2, -0.15) is 0 Å². The van der Waals surface area contributed by atoms with Crippen molar-refractivity contribution in [1.29, 1.82) is 0 Å². The molecule has 0 aliphatic carbocycles. The fourth-order valence-electron chi connectivity index (χ4n) is 2.39. The predicted molar refractivity (Wildman–Crippen MR) is 91.2 cm³/mol. The van der Waals surface area contributed by atoms with Gasteiger partial charge >= 0.3 is 0 Å². The lowest BCUT2D eigenvalue weighted by Crippen LogP contribution is -2.42. The SMILES string of the molecule is Cc1nc(N2CCOCC2)sc1C(=O)NNC(=O)c1cc(F)ccc1F. The molecule has 0 unspecified atom stereocenters. The van der Waals surface area contributed by atoms with E-state index < -0.39 is 29.0 Å². The van der Waals surface area contributed by atoms with Crippen LogP contribution in [-0.4, -0.2) is 43.1 Å². The van der Waals surface area contributed by atoms with Crippen LogP contribution in [0, 0.1) is 18.6 Å². The number of hydrogen-bond donors (Lipinski definition) is 2. The monoisotopic (exact) mass is 382 g/mol. The fourth-order valence-corrected chi connectivity index (χ4v) is 3.41. The minimum atomic E-state index is -0.953. The number of rotatable bonds is 3. The predicted octanol–water partition coefficient (Wildman–Crippen LogP) is 1.64.